The van der Waals surface area contributed by atoms with E-state index in [0.717, 1.165) is 28.8 Å². The SMILES string of the molecule is CCc1c([NH+](C)C)nc2ccccc2c1N.O=C([O-])C(=O)O. The van der Waals surface area contributed by atoms with Crippen LogP contribution in [0.5, 0.6) is 0 Å². The van der Waals surface area contributed by atoms with Crippen molar-refractivity contribution in [1.29, 1.82) is 0 Å². The molecule has 1 heterocycles. The fourth-order valence-electron chi connectivity index (χ4n) is 2.05. The van der Waals surface area contributed by atoms with E-state index in [9.17, 15) is 0 Å². The lowest BCUT2D eigenvalue weighted by Gasteiger charge is -2.14. The highest BCUT2D eigenvalue weighted by molar-refractivity contribution is 6.26. The van der Waals surface area contributed by atoms with Gasteiger partial charge in [-0.15, -0.1) is 0 Å². The van der Waals surface area contributed by atoms with Gasteiger partial charge < -0.3 is 20.7 Å². The van der Waals surface area contributed by atoms with Crippen LogP contribution in [0.15, 0.2) is 24.3 Å². The zero-order valence-electron chi connectivity index (χ0n) is 12.7. The Bertz CT molecular complexity index is 686. The maximum Gasteiger partial charge on any atom is 0.351 e. The number of para-hydroxylation sites is 1. The second kappa shape index (κ2) is 7.37. The lowest BCUT2D eigenvalue weighted by atomic mass is 10.1. The fraction of sp³-hybridized carbons (Fsp3) is 0.267. The van der Waals surface area contributed by atoms with Crippen molar-refractivity contribution in [2.45, 2.75) is 13.3 Å². The van der Waals surface area contributed by atoms with Crippen molar-refractivity contribution in [3.8, 4) is 0 Å². The number of pyridine rings is 1. The van der Waals surface area contributed by atoms with Gasteiger partial charge in [-0.25, -0.2) is 4.79 Å². The molecule has 0 unspecified atom stereocenters. The van der Waals surface area contributed by atoms with Gasteiger partial charge in [-0.3, -0.25) is 4.90 Å². The van der Waals surface area contributed by atoms with Crippen molar-refractivity contribution in [3.05, 3.63) is 29.8 Å². The van der Waals surface area contributed by atoms with Crippen LogP contribution in [0.2, 0.25) is 0 Å². The summed E-state index contributed by atoms with van der Waals surface area (Å²) in [5.74, 6) is -2.95. The molecule has 7 nitrogen and oxygen atoms in total. The molecule has 0 spiro atoms. The van der Waals surface area contributed by atoms with Crippen LogP contribution in [0.25, 0.3) is 10.9 Å². The summed E-state index contributed by atoms with van der Waals surface area (Å²) in [6.45, 7) is 2.12. The molecule has 2 rings (SSSR count). The number of benzene rings is 1. The highest BCUT2D eigenvalue weighted by atomic mass is 16.4. The monoisotopic (exact) mass is 305 g/mol. The number of carbonyl (C=O) groups is 2. The van der Waals surface area contributed by atoms with E-state index in [1.807, 2.05) is 24.3 Å². The molecule has 1 aromatic heterocycles. The molecular weight excluding hydrogens is 286 g/mol. The number of aliphatic carboxylic acids is 2. The zero-order valence-corrected chi connectivity index (χ0v) is 12.7. The average Bonchev–Trinajstić information content (AvgIpc) is 2.47. The first kappa shape index (κ1) is 17.4. The summed E-state index contributed by atoms with van der Waals surface area (Å²) in [5.41, 5.74) is 9.24. The van der Waals surface area contributed by atoms with Gasteiger partial charge in [0.05, 0.1) is 30.9 Å². The Morgan fingerprint density at radius 1 is 1.32 bits per heavy atom. The summed E-state index contributed by atoms with van der Waals surface area (Å²) in [7, 11) is 4.16. The molecule has 0 saturated heterocycles. The summed E-state index contributed by atoms with van der Waals surface area (Å²) in [4.78, 5) is 23.9. The molecule has 0 aliphatic carbocycles. The van der Waals surface area contributed by atoms with Gasteiger partial charge in [0, 0.05) is 5.39 Å². The number of carboxylic acid groups (broad SMARTS) is 2. The van der Waals surface area contributed by atoms with E-state index < -0.39 is 11.9 Å². The number of hydrogen-bond donors (Lipinski definition) is 3. The standard InChI is InChI=1S/C13H17N3.C2H2O4/c1-4-9-12(14)10-7-5-6-8-11(10)15-13(9)16(2)3;3-1(4)2(5)6/h5-8H,4H2,1-3H3,(H2,14,15);(H,3,4)(H,5,6). The van der Waals surface area contributed by atoms with Crippen molar-refractivity contribution in [2.75, 3.05) is 19.8 Å². The van der Waals surface area contributed by atoms with E-state index in [4.69, 9.17) is 25.5 Å². The topological polar surface area (TPSA) is 121 Å². The Morgan fingerprint density at radius 2 is 1.86 bits per heavy atom. The van der Waals surface area contributed by atoms with E-state index in [1.165, 1.54) is 10.5 Å². The van der Waals surface area contributed by atoms with Crippen LogP contribution in [0, 0.1) is 0 Å². The minimum atomic E-state index is -2.07. The molecule has 4 N–H and O–H groups in total. The number of nitrogens with one attached hydrogen (secondary N) is 1. The molecule has 7 heteroatoms. The van der Waals surface area contributed by atoms with Crippen molar-refractivity contribution < 1.29 is 24.7 Å². The number of aromatic nitrogens is 1. The molecule has 22 heavy (non-hydrogen) atoms. The minimum Gasteiger partial charge on any atom is -0.539 e. The predicted molar refractivity (Wildman–Crippen MR) is 80.6 cm³/mol. The third-order valence-corrected chi connectivity index (χ3v) is 3.04. The Balaban J connectivity index is 0.000000346. The highest BCUT2D eigenvalue weighted by Gasteiger charge is 2.15. The predicted octanol–water partition coefficient (Wildman–Crippen LogP) is -1.02. The normalized spacial score (nSPS) is 10.2. The van der Waals surface area contributed by atoms with Crippen LogP contribution in [-0.4, -0.2) is 36.1 Å². The lowest BCUT2D eigenvalue weighted by molar-refractivity contribution is -0.789. The van der Waals surface area contributed by atoms with Gasteiger partial charge >= 0.3 is 5.97 Å². The first-order valence-corrected chi connectivity index (χ1v) is 6.71. The third kappa shape index (κ3) is 3.92. The zero-order chi connectivity index (χ0) is 16.9. The number of fused-ring (bicyclic) bond motifs is 1. The molecular formula is C15H19N3O4. The fourth-order valence-corrected chi connectivity index (χ4v) is 2.05. The van der Waals surface area contributed by atoms with Crippen LogP contribution < -0.4 is 15.7 Å². The number of nitrogen functional groups attached to an aromatic ring is 1. The summed E-state index contributed by atoms with van der Waals surface area (Å²) in [6.07, 6.45) is 0.921. The van der Waals surface area contributed by atoms with Crippen LogP contribution in [0.4, 0.5) is 11.5 Å². The molecule has 0 aliphatic rings. The third-order valence-electron chi connectivity index (χ3n) is 3.04. The van der Waals surface area contributed by atoms with Crippen LogP contribution in [0.3, 0.4) is 0 Å². The molecule has 0 radical (unpaired) electrons. The van der Waals surface area contributed by atoms with Gasteiger partial charge in [-0.2, -0.15) is 4.98 Å². The van der Waals surface area contributed by atoms with E-state index >= 15 is 0 Å². The smallest absolute Gasteiger partial charge is 0.351 e. The van der Waals surface area contributed by atoms with Crippen molar-refractivity contribution in [3.63, 3.8) is 0 Å². The van der Waals surface area contributed by atoms with Gasteiger partial charge in [-0.05, 0) is 12.5 Å². The first-order chi connectivity index (χ1) is 10.3. The summed E-state index contributed by atoms with van der Waals surface area (Å²) in [6, 6.07) is 8.04. The Hall–Kier alpha value is -2.67. The van der Waals surface area contributed by atoms with Crippen LogP contribution in [0.1, 0.15) is 12.5 Å². The number of nitrogens with two attached hydrogens (primary N) is 1. The van der Waals surface area contributed by atoms with Crippen molar-refractivity contribution >= 4 is 34.3 Å². The van der Waals surface area contributed by atoms with Gasteiger partial charge in [0.2, 0.25) is 5.82 Å². The van der Waals surface area contributed by atoms with Crippen molar-refractivity contribution in [2.24, 2.45) is 0 Å². The second-order valence-corrected chi connectivity index (χ2v) is 4.82. The number of nitrogens with zero attached hydrogens (tertiary/aromatic N) is 1. The van der Waals surface area contributed by atoms with E-state index in [-0.39, 0.29) is 0 Å². The Kier molecular flexibility index (Phi) is 5.82. The molecule has 0 atom stereocenters. The van der Waals surface area contributed by atoms with Gasteiger partial charge in [0.25, 0.3) is 0 Å². The lowest BCUT2D eigenvalue weighted by Crippen LogP contribution is -3.00. The molecule has 0 bridgehead atoms. The number of carboxylic acids is 2. The molecule has 0 saturated carbocycles. The largest absolute Gasteiger partial charge is 0.539 e. The summed E-state index contributed by atoms with van der Waals surface area (Å²) >= 11 is 0. The minimum absolute atomic E-state index is 0.879. The Morgan fingerprint density at radius 3 is 2.32 bits per heavy atom. The quantitative estimate of drug-likeness (QED) is 0.610. The molecule has 0 amide bonds. The number of rotatable bonds is 2. The van der Waals surface area contributed by atoms with Crippen LogP contribution >= 0.6 is 0 Å². The molecule has 2 aromatic rings. The molecule has 0 fully saturated rings. The molecule has 118 valence electrons. The highest BCUT2D eigenvalue weighted by Crippen LogP contribution is 2.27. The molecule has 1 aromatic carbocycles. The number of carbonyl (C=O) groups excluding carboxylic acids is 1. The summed E-state index contributed by atoms with van der Waals surface area (Å²) in [5, 5.41) is 17.4. The average molecular weight is 305 g/mol. The van der Waals surface area contributed by atoms with Gasteiger partial charge in [0.1, 0.15) is 0 Å². The second-order valence-electron chi connectivity index (χ2n) is 4.82. The van der Waals surface area contributed by atoms with Gasteiger partial charge in [0.15, 0.2) is 5.97 Å². The van der Waals surface area contributed by atoms with Gasteiger partial charge in [-0.1, -0.05) is 25.1 Å². The summed E-state index contributed by atoms with van der Waals surface area (Å²) < 4.78 is 0. The first-order valence-electron chi connectivity index (χ1n) is 6.71. The van der Waals surface area contributed by atoms with E-state index in [2.05, 4.69) is 26.0 Å². The molecule has 0 aliphatic heterocycles. The van der Waals surface area contributed by atoms with E-state index in [0.29, 0.717) is 0 Å². The number of quaternary nitrogens is 1. The number of anilines is 1. The van der Waals surface area contributed by atoms with E-state index in [1.54, 1.807) is 0 Å². The number of hydrogen-bond acceptors (Lipinski definition) is 5. The van der Waals surface area contributed by atoms with Crippen molar-refractivity contribution in [1.82, 2.24) is 4.98 Å². The Labute approximate surface area is 128 Å². The maximum absolute atomic E-state index is 9.04. The van der Waals surface area contributed by atoms with Crippen LogP contribution in [-0.2, 0) is 16.0 Å². The maximum atomic E-state index is 9.04.